The molecular weight excluding hydrogens is 442 g/mol. The summed E-state index contributed by atoms with van der Waals surface area (Å²) in [5.74, 6) is 8.50. The molecule has 0 bridgehead atoms. The molecule has 0 unspecified atom stereocenters. The van der Waals surface area contributed by atoms with Crippen molar-refractivity contribution in [3.63, 3.8) is 0 Å². The van der Waals surface area contributed by atoms with Gasteiger partial charge in [0.2, 0.25) is 0 Å². The molecule has 0 aromatic carbocycles. The van der Waals surface area contributed by atoms with Crippen LogP contribution in [0.2, 0.25) is 0 Å². The minimum atomic E-state index is -0.482. The van der Waals surface area contributed by atoms with Crippen LogP contribution in [0.25, 0.3) is 11.0 Å². The third-order valence-corrected chi connectivity index (χ3v) is 6.66. The van der Waals surface area contributed by atoms with Crippen LogP contribution in [0.1, 0.15) is 44.7 Å². The molecule has 0 radical (unpaired) electrons. The van der Waals surface area contributed by atoms with E-state index < -0.39 is 6.10 Å². The van der Waals surface area contributed by atoms with E-state index in [0.717, 1.165) is 48.3 Å². The van der Waals surface area contributed by atoms with Gasteiger partial charge >= 0.3 is 0 Å². The molecule has 2 saturated heterocycles. The van der Waals surface area contributed by atoms with Crippen molar-refractivity contribution in [1.82, 2.24) is 19.7 Å². The number of anilines is 3. The van der Waals surface area contributed by atoms with Gasteiger partial charge in [0.15, 0.2) is 5.65 Å². The Balaban J connectivity index is 1.45. The maximum absolute atomic E-state index is 10.1. The number of piperidine rings is 1. The second kappa shape index (κ2) is 10.2. The normalized spacial score (nSPS) is 21.2. The lowest BCUT2D eigenvalue weighted by atomic mass is 9.99. The van der Waals surface area contributed by atoms with Crippen molar-refractivity contribution >= 4 is 28.4 Å². The monoisotopic (exact) mass is 475 g/mol. The highest BCUT2D eigenvalue weighted by Crippen LogP contribution is 2.28. The van der Waals surface area contributed by atoms with E-state index >= 15 is 0 Å². The predicted molar refractivity (Wildman–Crippen MR) is 137 cm³/mol. The topological polar surface area (TPSA) is 114 Å². The van der Waals surface area contributed by atoms with Crippen molar-refractivity contribution in [2.24, 2.45) is 11.7 Å². The van der Waals surface area contributed by atoms with Crippen molar-refractivity contribution in [3.05, 3.63) is 36.2 Å². The smallest absolute Gasteiger partial charge is 0.160 e. The number of rotatable bonds is 4. The largest absolute Gasteiger partial charge is 0.391 e. The highest BCUT2D eigenvalue weighted by molar-refractivity contribution is 5.77. The molecule has 2 aliphatic rings. The SMILES string of the molecule is CC(C)n1ncc2ccc(Nc3cc(N4CC[C@@H](O)[C@H](N)C4)c(C#CC4CCOCC4)cn3)nc21. The molecule has 2 atom stereocenters. The molecule has 3 aromatic rings. The lowest BCUT2D eigenvalue weighted by Crippen LogP contribution is -2.51. The van der Waals surface area contributed by atoms with Gasteiger partial charge in [0.25, 0.3) is 0 Å². The van der Waals surface area contributed by atoms with Crippen LogP contribution in [0.5, 0.6) is 0 Å². The Labute approximate surface area is 205 Å². The second-order valence-corrected chi connectivity index (χ2v) is 9.63. The summed E-state index contributed by atoms with van der Waals surface area (Å²) in [4.78, 5) is 11.6. The van der Waals surface area contributed by atoms with E-state index in [1.54, 1.807) is 0 Å². The summed E-state index contributed by atoms with van der Waals surface area (Å²) in [7, 11) is 0. The number of aliphatic hydroxyl groups is 1. The molecule has 3 aromatic heterocycles. The molecule has 0 saturated carbocycles. The Hall–Kier alpha value is -3.19. The third kappa shape index (κ3) is 5.25. The Bertz CT molecular complexity index is 1240. The van der Waals surface area contributed by atoms with E-state index in [2.05, 4.69) is 46.0 Å². The quantitative estimate of drug-likeness (QED) is 0.494. The number of hydrogen-bond donors (Lipinski definition) is 3. The molecule has 35 heavy (non-hydrogen) atoms. The first kappa shape index (κ1) is 23.5. The molecule has 2 aliphatic heterocycles. The summed E-state index contributed by atoms with van der Waals surface area (Å²) in [5.41, 5.74) is 8.87. The van der Waals surface area contributed by atoms with E-state index in [1.807, 2.05) is 35.3 Å². The highest BCUT2D eigenvalue weighted by atomic mass is 16.5. The summed E-state index contributed by atoms with van der Waals surface area (Å²) >= 11 is 0. The Morgan fingerprint density at radius 3 is 2.77 bits per heavy atom. The van der Waals surface area contributed by atoms with E-state index in [4.69, 9.17) is 15.5 Å². The fourth-order valence-electron chi connectivity index (χ4n) is 4.58. The van der Waals surface area contributed by atoms with E-state index in [0.29, 0.717) is 37.1 Å². The summed E-state index contributed by atoms with van der Waals surface area (Å²) in [6, 6.07) is 5.86. The van der Waals surface area contributed by atoms with Gasteiger partial charge in [-0.3, -0.25) is 0 Å². The minimum absolute atomic E-state index is 0.215. The van der Waals surface area contributed by atoms with Crippen LogP contribution in [-0.4, -0.2) is 63.3 Å². The standard InChI is InChI=1S/C26H33N7O2/c1-17(2)33-26-20(15-29-33)5-6-24(31-26)30-25-13-22(32-10-7-23(34)21(27)16-32)19(14-28-25)4-3-18-8-11-35-12-9-18/h5-6,13-15,17-18,21,23,34H,7-12,16,27H2,1-2H3,(H,28,30,31)/t21-,23-/m1/s1. The van der Waals surface area contributed by atoms with Crippen LogP contribution in [0.4, 0.5) is 17.3 Å². The zero-order valence-electron chi connectivity index (χ0n) is 20.3. The summed E-state index contributed by atoms with van der Waals surface area (Å²) in [5, 5.41) is 18.9. The molecule has 0 spiro atoms. The number of nitrogens with zero attached hydrogens (tertiary/aromatic N) is 5. The lowest BCUT2D eigenvalue weighted by Gasteiger charge is -2.36. The Morgan fingerprint density at radius 1 is 1.17 bits per heavy atom. The number of ether oxygens (including phenoxy) is 1. The zero-order chi connectivity index (χ0) is 24.4. The number of nitrogens with one attached hydrogen (secondary N) is 1. The van der Waals surface area contributed by atoms with Gasteiger partial charge in [0.1, 0.15) is 11.6 Å². The molecule has 4 N–H and O–H groups in total. The van der Waals surface area contributed by atoms with Crippen molar-refractivity contribution in [2.45, 2.75) is 51.3 Å². The summed E-state index contributed by atoms with van der Waals surface area (Å²) in [6.45, 7) is 6.97. The molecule has 5 rings (SSSR count). The Morgan fingerprint density at radius 2 is 2.00 bits per heavy atom. The molecular formula is C26H33N7O2. The van der Waals surface area contributed by atoms with Crippen LogP contribution in [0.3, 0.4) is 0 Å². The molecule has 0 aliphatic carbocycles. The van der Waals surface area contributed by atoms with Gasteiger partial charge in [0.05, 0.1) is 23.6 Å². The van der Waals surface area contributed by atoms with Crippen molar-refractivity contribution in [2.75, 3.05) is 36.5 Å². The van der Waals surface area contributed by atoms with Gasteiger partial charge in [-0.25, -0.2) is 14.6 Å². The second-order valence-electron chi connectivity index (χ2n) is 9.63. The van der Waals surface area contributed by atoms with Crippen LogP contribution in [0.15, 0.2) is 30.6 Å². The van der Waals surface area contributed by atoms with Gasteiger partial charge in [-0.1, -0.05) is 11.8 Å². The van der Waals surface area contributed by atoms with Gasteiger partial charge in [-0.15, -0.1) is 0 Å². The van der Waals surface area contributed by atoms with Crippen LogP contribution in [0, 0.1) is 17.8 Å². The predicted octanol–water partition coefficient (Wildman–Crippen LogP) is 2.83. The fraction of sp³-hybridized carbons (Fsp3) is 0.500. The van der Waals surface area contributed by atoms with E-state index in [-0.39, 0.29) is 12.1 Å². The maximum atomic E-state index is 10.1. The van der Waals surface area contributed by atoms with Crippen LogP contribution < -0.4 is 16.0 Å². The first-order valence-corrected chi connectivity index (χ1v) is 12.4. The van der Waals surface area contributed by atoms with Crippen molar-refractivity contribution < 1.29 is 9.84 Å². The molecule has 9 nitrogen and oxygen atoms in total. The fourth-order valence-corrected chi connectivity index (χ4v) is 4.58. The molecule has 184 valence electrons. The Kier molecular flexibility index (Phi) is 6.86. The van der Waals surface area contributed by atoms with Gasteiger partial charge in [-0.05, 0) is 45.2 Å². The molecule has 2 fully saturated rings. The minimum Gasteiger partial charge on any atom is -0.391 e. The number of pyridine rings is 2. The van der Waals surface area contributed by atoms with E-state index in [9.17, 15) is 5.11 Å². The molecule has 0 amide bonds. The number of nitrogens with two attached hydrogens (primary N) is 1. The number of hydrogen-bond acceptors (Lipinski definition) is 8. The van der Waals surface area contributed by atoms with Gasteiger partial charge in [0, 0.05) is 62.0 Å². The van der Waals surface area contributed by atoms with E-state index in [1.165, 1.54) is 0 Å². The maximum Gasteiger partial charge on any atom is 0.160 e. The zero-order valence-corrected chi connectivity index (χ0v) is 20.3. The summed E-state index contributed by atoms with van der Waals surface area (Å²) < 4.78 is 7.37. The average Bonchev–Trinajstić information content (AvgIpc) is 3.29. The number of aromatic nitrogens is 4. The molecule has 5 heterocycles. The van der Waals surface area contributed by atoms with Gasteiger partial charge < -0.3 is 25.8 Å². The average molecular weight is 476 g/mol. The summed E-state index contributed by atoms with van der Waals surface area (Å²) in [6.07, 6.45) is 5.70. The van der Waals surface area contributed by atoms with Crippen LogP contribution in [-0.2, 0) is 4.74 Å². The first-order chi connectivity index (χ1) is 17.0. The third-order valence-electron chi connectivity index (χ3n) is 6.66. The lowest BCUT2D eigenvalue weighted by molar-refractivity contribution is 0.0807. The van der Waals surface area contributed by atoms with Crippen molar-refractivity contribution in [3.8, 4) is 11.8 Å². The first-order valence-electron chi connectivity index (χ1n) is 12.4. The molecule has 9 heteroatoms. The number of aliphatic hydroxyl groups excluding tert-OH is 1. The van der Waals surface area contributed by atoms with Crippen LogP contribution >= 0.6 is 0 Å². The van der Waals surface area contributed by atoms with Crippen molar-refractivity contribution in [1.29, 1.82) is 0 Å². The number of fused-ring (bicyclic) bond motifs is 1. The van der Waals surface area contributed by atoms with Gasteiger partial charge in [-0.2, -0.15) is 5.10 Å². The highest BCUT2D eigenvalue weighted by Gasteiger charge is 2.26.